The molecule has 104 valence electrons. The number of hydrogen-bond donors (Lipinski definition) is 2. The zero-order chi connectivity index (χ0) is 13.0. The van der Waals surface area contributed by atoms with Gasteiger partial charge in [-0.15, -0.1) is 0 Å². The minimum absolute atomic E-state index is 0.0935. The number of nitrogens with one attached hydrogen (secondary N) is 2. The molecule has 3 nitrogen and oxygen atoms in total. The van der Waals surface area contributed by atoms with Gasteiger partial charge in [0.15, 0.2) is 0 Å². The fourth-order valence-electron chi connectivity index (χ4n) is 4.38. The van der Waals surface area contributed by atoms with Crippen LogP contribution in [-0.4, -0.2) is 29.5 Å². The minimum Gasteiger partial charge on any atom is -0.360 e. The second-order valence-electron chi connectivity index (χ2n) is 7.97. The van der Waals surface area contributed by atoms with Gasteiger partial charge in [0.2, 0.25) is 0 Å². The highest BCUT2D eigenvalue weighted by atomic mass is 16.5. The summed E-state index contributed by atoms with van der Waals surface area (Å²) in [6.45, 7) is 10.1. The molecule has 1 aliphatic carbocycles. The predicted molar refractivity (Wildman–Crippen MR) is 73.5 cm³/mol. The topological polar surface area (TPSA) is 33.3 Å². The first-order valence-electron chi connectivity index (χ1n) is 7.50. The lowest BCUT2D eigenvalue weighted by Gasteiger charge is -2.55. The first-order chi connectivity index (χ1) is 8.29. The maximum Gasteiger partial charge on any atom is 0.122 e. The maximum absolute atomic E-state index is 6.23. The van der Waals surface area contributed by atoms with Crippen LogP contribution >= 0.6 is 0 Å². The number of piperidine rings is 1. The summed E-state index contributed by atoms with van der Waals surface area (Å²) in [6.07, 6.45) is 6.15. The van der Waals surface area contributed by atoms with Gasteiger partial charge in [-0.2, -0.15) is 0 Å². The van der Waals surface area contributed by atoms with Gasteiger partial charge in [-0.05, 0) is 52.9 Å². The van der Waals surface area contributed by atoms with Gasteiger partial charge in [0.1, 0.15) is 5.72 Å². The Bertz CT molecular complexity index is 317. The molecule has 2 aliphatic heterocycles. The van der Waals surface area contributed by atoms with Crippen LogP contribution in [0.25, 0.3) is 0 Å². The molecule has 0 aromatic rings. The summed E-state index contributed by atoms with van der Waals surface area (Å²) in [5.41, 5.74) is 0.185. The van der Waals surface area contributed by atoms with E-state index >= 15 is 0 Å². The molecule has 1 unspecified atom stereocenters. The highest BCUT2D eigenvalue weighted by Crippen LogP contribution is 2.42. The molecule has 0 bridgehead atoms. The predicted octanol–water partition coefficient (Wildman–Crippen LogP) is 2.41. The van der Waals surface area contributed by atoms with Crippen LogP contribution in [0.5, 0.6) is 0 Å². The first kappa shape index (κ1) is 12.9. The lowest BCUT2D eigenvalue weighted by atomic mass is 9.76. The zero-order valence-corrected chi connectivity index (χ0v) is 12.3. The monoisotopic (exact) mass is 252 g/mol. The van der Waals surface area contributed by atoms with E-state index in [1.807, 2.05) is 0 Å². The average molecular weight is 252 g/mol. The molecular weight excluding hydrogens is 224 g/mol. The van der Waals surface area contributed by atoms with E-state index in [4.69, 9.17) is 4.74 Å². The van der Waals surface area contributed by atoms with Gasteiger partial charge in [-0.25, -0.2) is 0 Å². The molecule has 1 saturated carbocycles. The summed E-state index contributed by atoms with van der Waals surface area (Å²) in [4.78, 5) is 0. The van der Waals surface area contributed by atoms with Gasteiger partial charge in [-0.3, -0.25) is 5.32 Å². The molecule has 2 saturated heterocycles. The Morgan fingerprint density at radius 1 is 0.944 bits per heavy atom. The third-order valence-electron chi connectivity index (χ3n) is 4.58. The number of ether oxygens (including phenoxy) is 1. The van der Waals surface area contributed by atoms with Crippen molar-refractivity contribution in [2.75, 3.05) is 6.61 Å². The third kappa shape index (κ3) is 2.59. The van der Waals surface area contributed by atoms with Gasteiger partial charge < -0.3 is 10.1 Å². The van der Waals surface area contributed by atoms with Gasteiger partial charge in [0, 0.05) is 30.0 Å². The van der Waals surface area contributed by atoms with E-state index in [0.717, 1.165) is 25.4 Å². The standard InChI is InChI=1S/C15H28N2O/c1-13(2)9-15(10-14(3,4)17-13)16-12(7-8-18-15)11-5-6-11/h11-12,16-17H,5-10H2,1-4H3. The molecule has 2 N–H and O–H groups in total. The highest BCUT2D eigenvalue weighted by Gasteiger charge is 2.51. The SMILES string of the molecule is CC1(C)CC2(CC(C)(C)N1)NC(C1CC1)CCO2. The molecule has 1 atom stereocenters. The smallest absolute Gasteiger partial charge is 0.122 e. The van der Waals surface area contributed by atoms with Gasteiger partial charge in [0.05, 0.1) is 6.61 Å². The fourth-order valence-corrected chi connectivity index (χ4v) is 4.38. The lowest BCUT2D eigenvalue weighted by molar-refractivity contribution is -0.161. The molecule has 3 heteroatoms. The molecule has 3 fully saturated rings. The van der Waals surface area contributed by atoms with Crippen molar-refractivity contribution in [1.29, 1.82) is 0 Å². The van der Waals surface area contributed by atoms with Crippen molar-refractivity contribution >= 4 is 0 Å². The Labute approximate surface area is 111 Å². The molecule has 3 rings (SSSR count). The summed E-state index contributed by atoms with van der Waals surface area (Å²) < 4.78 is 6.23. The molecule has 0 aromatic heterocycles. The zero-order valence-electron chi connectivity index (χ0n) is 12.3. The molecule has 0 radical (unpaired) electrons. The van der Waals surface area contributed by atoms with Crippen LogP contribution in [0.3, 0.4) is 0 Å². The van der Waals surface area contributed by atoms with Crippen molar-refractivity contribution in [2.45, 2.75) is 82.6 Å². The van der Waals surface area contributed by atoms with E-state index in [-0.39, 0.29) is 16.8 Å². The Morgan fingerprint density at radius 3 is 2.11 bits per heavy atom. The third-order valence-corrected chi connectivity index (χ3v) is 4.58. The van der Waals surface area contributed by atoms with Crippen molar-refractivity contribution in [3.63, 3.8) is 0 Å². The first-order valence-corrected chi connectivity index (χ1v) is 7.50. The van der Waals surface area contributed by atoms with E-state index in [9.17, 15) is 0 Å². The summed E-state index contributed by atoms with van der Waals surface area (Å²) in [6, 6.07) is 0.698. The Balaban J connectivity index is 1.79. The summed E-state index contributed by atoms with van der Waals surface area (Å²) in [5.74, 6) is 0.923. The van der Waals surface area contributed by atoms with Crippen LogP contribution in [0, 0.1) is 5.92 Å². The highest BCUT2D eigenvalue weighted by molar-refractivity contribution is 5.07. The van der Waals surface area contributed by atoms with Crippen molar-refractivity contribution in [3.05, 3.63) is 0 Å². The van der Waals surface area contributed by atoms with E-state index in [0.29, 0.717) is 6.04 Å². The number of hydrogen-bond acceptors (Lipinski definition) is 3. The lowest BCUT2D eigenvalue weighted by Crippen LogP contribution is -2.71. The molecule has 0 aromatic carbocycles. The molecule has 0 amide bonds. The van der Waals surface area contributed by atoms with E-state index in [2.05, 4.69) is 38.3 Å². The quantitative estimate of drug-likeness (QED) is 0.752. The molecule has 1 spiro atoms. The Morgan fingerprint density at radius 2 is 1.56 bits per heavy atom. The van der Waals surface area contributed by atoms with Gasteiger partial charge in [0.25, 0.3) is 0 Å². The molecule has 2 heterocycles. The summed E-state index contributed by atoms with van der Waals surface area (Å²) in [7, 11) is 0. The normalized spacial score (nSPS) is 37.7. The largest absolute Gasteiger partial charge is 0.360 e. The van der Waals surface area contributed by atoms with Crippen molar-refractivity contribution in [2.24, 2.45) is 5.92 Å². The summed E-state index contributed by atoms with van der Waals surface area (Å²) >= 11 is 0. The molecular formula is C15H28N2O. The molecule has 3 aliphatic rings. The maximum atomic E-state index is 6.23. The van der Waals surface area contributed by atoms with E-state index < -0.39 is 0 Å². The summed E-state index contributed by atoms with van der Waals surface area (Å²) in [5, 5.41) is 7.62. The second kappa shape index (κ2) is 3.94. The minimum atomic E-state index is -0.0935. The van der Waals surface area contributed by atoms with Gasteiger partial charge in [-0.1, -0.05) is 0 Å². The molecule has 18 heavy (non-hydrogen) atoms. The van der Waals surface area contributed by atoms with Crippen LogP contribution in [-0.2, 0) is 4.74 Å². The Hall–Kier alpha value is -0.120. The van der Waals surface area contributed by atoms with Crippen LogP contribution in [0.1, 0.15) is 59.8 Å². The fraction of sp³-hybridized carbons (Fsp3) is 1.00. The van der Waals surface area contributed by atoms with Gasteiger partial charge >= 0.3 is 0 Å². The number of rotatable bonds is 1. The van der Waals surface area contributed by atoms with Crippen LogP contribution in [0.15, 0.2) is 0 Å². The Kier molecular flexibility index (Phi) is 2.82. The average Bonchev–Trinajstić information content (AvgIpc) is 2.93. The van der Waals surface area contributed by atoms with E-state index in [1.165, 1.54) is 19.3 Å². The second-order valence-corrected chi connectivity index (χ2v) is 7.97. The van der Waals surface area contributed by atoms with Crippen molar-refractivity contribution in [1.82, 2.24) is 10.6 Å². The van der Waals surface area contributed by atoms with Crippen LogP contribution in [0.2, 0.25) is 0 Å². The van der Waals surface area contributed by atoms with Crippen molar-refractivity contribution in [3.8, 4) is 0 Å². The van der Waals surface area contributed by atoms with E-state index in [1.54, 1.807) is 0 Å². The van der Waals surface area contributed by atoms with Crippen LogP contribution in [0.4, 0.5) is 0 Å². The van der Waals surface area contributed by atoms with Crippen molar-refractivity contribution < 1.29 is 4.74 Å². The van der Waals surface area contributed by atoms with Crippen LogP contribution < -0.4 is 10.6 Å².